The number of nitrogens with one attached hydrogen (secondary N) is 1. The molecule has 0 unspecified atom stereocenters. The van der Waals surface area contributed by atoms with Crippen molar-refractivity contribution >= 4 is 21.6 Å². The van der Waals surface area contributed by atoms with Crippen LogP contribution in [0.3, 0.4) is 0 Å². The lowest BCUT2D eigenvalue weighted by Gasteiger charge is -2.19. The van der Waals surface area contributed by atoms with Crippen LogP contribution < -0.4 is 19.5 Å². The third-order valence-corrected chi connectivity index (χ3v) is 6.94. The van der Waals surface area contributed by atoms with Crippen molar-refractivity contribution in [2.45, 2.75) is 31.6 Å². The van der Waals surface area contributed by atoms with E-state index < -0.39 is 10.0 Å². The number of benzene rings is 2. The van der Waals surface area contributed by atoms with Gasteiger partial charge in [-0.2, -0.15) is 4.31 Å². The van der Waals surface area contributed by atoms with Gasteiger partial charge in [0.15, 0.2) is 0 Å². The van der Waals surface area contributed by atoms with Gasteiger partial charge in [-0.1, -0.05) is 13.8 Å². The fourth-order valence-electron chi connectivity index (χ4n) is 3.20. The van der Waals surface area contributed by atoms with Crippen molar-refractivity contribution in [3.8, 4) is 17.2 Å². The molecule has 1 amide bonds. The zero-order chi connectivity index (χ0) is 23.0. The van der Waals surface area contributed by atoms with Gasteiger partial charge in [-0.25, -0.2) is 8.42 Å². The van der Waals surface area contributed by atoms with E-state index in [0.29, 0.717) is 42.4 Å². The fourth-order valence-corrected chi connectivity index (χ4v) is 4.68. The summed E-state index contributed by atoms with van der Waals surface area (Å²) in [6, 6.07) is 9.84. The van der Waals surface area contributed by atoms with Crippen LogP contribution in [0.2, 0.25) is 0 Å². The van der Waals surface area contributed by atoms with Crippen molar-refractivity contribution in [2.75, 3.05) is 39.7 Å². The molecule has 0 spiro atoms. The lowest BCUT2D eigenvalue weighted by Crippen LogP contribution is -2.30. The average molecular weight is 451 g/mol. The van der Waals surface area contributed by atoms with Crippen LogP contribution in [-0.2, 0) is 21.2 Å². The standard InChI is InChI=1S/C22H30N2O6S/c1-6-24(7-2)31(26,27)18-10-12-21(30-5)19(15-18)23-22(25)13-8-16-14-17(28-3)9-11-20(16)29-4/h9-12,14-15H,6-8,13H2,1-5H3,(H,23,25). The third-order valence-electron chi connectivity index (χ3n) is 4.90. The Labute approximate surface area is 184 Å². The monoisotopic (exact) mass is 450 g/mol. The van der Waals surface area contributed by atoms with E-state index in [1.165, 1.54) is 29.6 Å². The number of rotatable bonds is 11. The molecule has 0 saturated heterocycles. The number of carbonyl (C=O) groups is 1. The molecule has 0 saturated carbocycles. The summed E-state index contributed by atoms with van der Waals surface area (Å²) in [5.41, 5.74) is 1.14. The molecule has 170 valence electrons. The van der Waals surface area contributed by atoms with Gasteiger partial charge in [-0.15, -0.1) is 0 Å². The number of ether oxygens (including phenoxy) is 3. The number of carbonyl (C=O) groups excluding carboxylic acids is 1. The molecule has 0 atom stereocenters. The summed E-state index contributed by atoms with van der Waals surface area (Å²) in [5.74, 6) is 1.44. The lowest BCUT2D eigenvalue weighted by atomic mass is 10.1. The van der Waals surface area contributed by atoms with Crippen molar-refractivity contribution in [2.24, 2.45) is 0 Å². The first-order chi connectivity index (χ1) is 14.8. The molecular formula is C22H30N2O6S. The minimum atomic E-state index is -3.66. The van der Waals surface area contributed by atoms with Crippen LogP contribution in [0.5, 0.6) is 17.2 Å². The van der Waals surface area contributed by atoms with Crippen LogP contribution >= 0.6 is 0 Å². The molecule has 0 heterocycles. The van der Waals surface area contributed by atoms with Crippen molar-refractivity contribution < 1.29 is 27.4 Å². The second-order valence-electron chi connectivity index (χ2n) is 6.68. The number of aryl methyl sites for hydroxylation is 1. The maximum Gasteiger partial charge on any atom is 0.243 e. The highest BCUT2D eigenvalue weighted by Crippen LogP contribution is 2.30. The van der Waals surface area contributed by atoms with Crippen molar-refractivity contribution in [3.63, 3.8) is 0 Å². The first-order valence-corrected chi connectivity index (χ1v) is 11.4. The van der Waals surface area contributed by atoms with Crippen molar-refractivity contribution in [1.29, 1.82) is 0 Å². The second-order valence-corrected chi connectivity index (χ2v) is 8.62. The van der Waals surface area contributed by atoms with E-state index in [-0.39, 0.29) is 17.2 Å². The Morgan fingerprint density at radius 2 is 1.58 bits per heavy atom. The molecule has 2 aromatic carbocycles. The van der Waals surface area contributed by atoms with Gasteiger partial charge in [-0.3, -0.25) is 4.79 Å². The normalized spacial score (nSPS) is 11.3. The quantitative estimate of drug-likeness (QED) is 0.564. The Morgan fingerprint density at radius 3 is 2.16 bits per heavy atom. The highest BCUT2D eigenvalue weighted by atomic mass is 32.2. The molecule has 0 aliphatic heterocycles. The van der Waals surface area contributed by atoms with Gasteiger partial charge in [0.2, 0.25) is 15.9 Å². The largest absolute Gasteiger partial charge is 0.497 e. The summed E-state index contributed by atoms with van der Waals surface area (Å²) in [7, 11) is 0.943. The minimum absolute atomic E-state index is 0.0989. The van der Waals surface area contributed by atoms with Crippen LogP contribution in [0.15, 0.2) is 41.3 Å². The molecule has 8 nitrogen and oxygen atoms in total. The van der Waals surface area contributed by atoms with Gasteiger partial charge in [0.1, 0.15) is 17.2 Å². The molecule has 0 fully saturated rings. The summed E-state index contributed by atoms with van der Waals surface area (Å²) in [6.45, 7) is 4.27. The molecule has 2 rings (SSSR count). The average Bonchev–Trinajstić information content (AvgIpc) is 2.77. The molecule has 0 bridgehead atoms. The number of hydrogen-bond donors (Lipinski definition) is 1. The molecule has 0 aliphatic rings. The number of amides is 1. The summed E-state index contributed by atoms with van der Waals surface area (Å²) in [6.07, 6.45) is 0.589. The Morgan fingerprint density at radius 1 is 0.935 bits per heavy atom. The summed E-state index contributed by atoms with van der Waals surface area (Å²) in [5, 5.41) is 2.77. The second kappa shape index (κ2) is 11.0. The number of sulfonamides is 1. The van der Waals surface area contributed by atoms with Gasteiger partial charge >= 0.3 is 0 Å². The number of nitrogens with zero attached hydrogens (tertiary/aromatic N) is 1. The zero-order valence-corrected chi connectivity index (χ0v) is 19.4. The Balaban J connectivity index is 2.21. The van der Waals surface area contributed by atoms with E-state index in [1.54, 1.807) is 40.2 Å². The van der Waals surface area contributed by atoms with Crippen molar-refractivity contribution in [1.82, 2.24) is 4.31 Å². The smallest absolute Gasteiger partial charge is 0.243 e. The highest BCUT2D eigenvalue weighted by Gasteiger charge is 2.23. The van der Waals surface area contributed by atoms with Gasteiger partial charge in [0, 0.05) is 19.5 Å². The molecule has 9 heteroatoms. The maximum atomic E-state index is 12.8. The molecule has 31 heavy (non-hydrogen) atoms. The third kappa shape index (κ3) is 5.89. The predicted octanol–water partition coefficient (Wildman–Crippen LogP) is 3.31. The van der Waals surface area contributed by atoms with E-state index in [0.717, 1.165) is 5.56 Å². The van der Waals surface area contributed by atoms with Crippen LogP contribution in [0.4, 0.5) is 5.69 Å². The number of anilines is 1. The highest BCUT2D eigenvalue weighted by molar-refractivity contribution is 7.89. The Kier molecular flexibility index (Phi) is 8.70. The SMILES string of the molecule is CCN(CC)S(=O)(=O)c1ccc(OC)c(NC(=O)CCc2cc(OC)ccc2OC)c1. The van der Waals surface area contributed by atoms with Crippen LogP contribution in [0.25, 0.3) is 0 Å². The van der Waals surface area contributed by atoms with E-state index in [1.807, 2.05) is 6.07 Å². The van der Waals surface area contributed by atoms with Crippen LogP contribution in [0, 0.1) is 0 Å². The van der Waals surface area contributed by atoms with Gasteiger partial charge < -0.3 is 19.5 Å². The first kappa shape index (κ1) is 24.5. The number of hydrogen-bond acceptors (Lipinski definition) is 6. The Bertz CT molecular complexity index is 1000. The molecule has 2 aromatic rings. The maximum absolute atomic E-state index is 12.8. The topological polar surface area (TPSA) is 94.2 Å². The van der Waals surface area contributed by atoms with Gasteiger partial charge in [0.05, 0.1) is 31.9 Å². The molecule has 0 aliphatic carbocycles. The van der Waals surface area contributed by atoms with Gasteiger partial charge in [-0.05, 0) is 48.4 Å². The van der Waals surface area contributed by atoms with E-state index in [9.17, 15) is 13.2 Å². The fraction of sp³-hybridized carbons (Fsp3) is 0.409. The zero-order valence-electron chi connectivity index (χ0n) is 18.6. The van der Waals surface area contributed by atoms with Gasteiger partial charge in [0.25, 0.3) is 0 Å². The number of methoxy groups -OCH3 is 3. The summed E-state index contributed by atoms with van der Waals surface area (Å²) in [4.78, 5) is 12.7. The minimum Gasteiger partial charge on any atom is -0.497 e. The summed E-state index contributed by atoms with van der Waals surface area (Å²) < 4.78 is 42.9. The van der Waals surface area contributed by atoms with Crippen LogP contribution in [-0.4, -0.2) is 53.0 Å². The first-order valence-electron chi connectivity index (χ1n) is 9.99. The molecule has 1 N–H and O–H groups in total. The Hall–Kier alpha value is -2.78. The molecule has 0 radical (unpaired) electrons. The van der Waals surface area contributed by atoms with E-state index in [2.05, 4.69) is 5.32 Å². The molecular weight excluding hydrogens is 420 g/mol. The summed E-state index contributed by atoms with van der Waals surface area (Å²) >= 11 is 0. The van der Waals surface area contributed by atoms with Crippen molar-refractivity contribution in [3.05, 3.63) is 42.0 Å². The van der Waals surface area contributed by atoms with E-state index >= 15 is 0 Å². The molecule has 0 aromatic heterocycles. The van der Waals surface area contributed by atoms with Crippen LogP contribution in [0.1, 0.15) is 25.8 Å². The predicted molar refractivity (Wildman–Crippen MR) is 120 cm³/mol. The van der Waals surface area contributed by atoms with E-state index in [4.69, 9.17) is 14.2 Å². The lowest BCUT2D eigenvalue weighted by molar-refractivity contribution is -0.116.